The second-order valence-electron chi connectivity index (χ2n) is 8.37. The zero-order valence-corrected chi connectivity index (χ0v) is 17.8. The third-order valence-electron chi connectivity index (χ3n) is 6.51. The molecule has 0 aromatic heterocycles. The van der Waals surface area contributed by atoms with Gasteiger partial charge in [0.15, 0.2) is 0 Å². The van der Waals surface area contributed by atoms with Crippen LogP contribution in [0.4, 0.5) is 10.5 Å². The minimum Gasteiger partial charge on any atom is -0.497 e. The Labute approximate surface area is 183 Å². The van der Waals surface area contributed by atoms with Crippen LogP contribution >= 0.6 is 0 Å². The number of anilines is 1. The summed E-state index contributed by atoms with van der Waals surface area (Å²) in [4.78, 5) is 15.0. The van der Waals surface area contributed by atoms with Crippen LogP contribution in [0.5, 0.6) is 5.75 Å². The quantitative estimate of drug-likeness (QED) is 0.655. The molecule has 1 unspecified atom stereocenters. The highest BCUT2D eigenvalue weighted by atomic mass is 16.5. The number of piperazine rings is 1. The lowest BCUT2D eigenvalue weighted by atomic mass is 9.72. The highest BCUT2D eigenvalue weighted by Gasteiger charge is 2.53. The van der Waals surface area contributed by atoms with Gasteiger partial charge in [0, 0.05) is 24.7 Å². The Kier molecular flexibility index (Phi) is 5.12. The van der Waals surface area contributed by atoms with Crippen LogP contribution in [0.2, 0.25) is 0 Å². The van der Waals surface area contributed by atoms with Gasteiger partial charge in [-0.3, -0.25) is 0 Å². The lowest BCUT2D eigenvalue weighted by Gasteiger charge is -2.59. The van der Waals surface area contributed by atoms with Gasteiger partial charge in [-0.15, -0.1) is 0 Å². The topological polar surface area (TPSA) is 53.6 Å². The van der Waals surface area contributed by atoms with Crippen LogP contribution in [0.15, 0.2) is 72.8 Å². The summed E-state index contributed by atoms with van der Waals surface area (Å²) in [6.07, 6.45) is 0. The molecule has 2 heterocycles. The molecule has 0 spiro atoms. The molecule has 5 nitrogen and oxygen atoms in total. The summed E-state index contributed by atoms with van der Waals surface area (Å²) in [7, 11) is 1.63. The summed E-state index contributed by atoms with van der Waals surface area (Å²) >= 11 is 0. The molecule has 158 valence electrons. The van der Waals surface area contributed by atoms with Gasteiger partial charge in [0.25, 0.3) is 0 Å². The lowest BCUT2D eigenvalue weighted by Crippen LogP contribution is -2.74. The molecule has 2 saturated heterocycles. The molecule has 0 saturated carbocycles. The maximum Gasteiger partial charge on any atom is 0.322 e. The van der Waals surface area contributed by atoms with E-state index in [0.29, 0.717) is 5.92 Å². The maximum absolute atomic E-state index is 13.0. The summed E-state index contributed by atoms with van der Waals surface area (Å²) in [6, 6.07) is 25.2. The highest BCUT2D eigenvalue weighted by Crippen LogP contribution is 2.43. The predicted octanol–water partition coefficient (Wildman–Crippen LogP) is 4.64. The molecule has 2 fully saturated rings. The van der Waals surface area contributed by atoms with Gasteiger partial charge in [0.1, 0.15) is 5.75 Å². The third-order valence-corrected chi connectivity index (χ3v) is 6.51. The summed E-state index contributed by atoms with van der Waals surface area (Å²) in [5, 5.41) is 6.49. The van der Waals surface area contributed by atoms with Crippen molar-refractivity contribution in [1.29, 1.82) is 0 Å². The fourth-order valence-electron chi connectivity index (χ4n) is 4.83. The van der Waals surface area contributed by atoms with Crippen molar-refractivity contribution in [2.45, 2.75) is 24.9 Å². The number of benzene rings is 3. The highest BCUT2D eigenvalue weighted by molar-refractivity contribution is 5.91. The minimum atomic E-state index is -0.0332. The molecule has 31 heavy (non-hydrogen) atoms. The average molecular weight is 414 g/mol. The van der Waals surface area contributed by atoms with Gasteiger partial charge < -0.3 is 20.3 Å². The predicted molar refractivity (Wildman–Crippen MR) is 124 cm³/mol. The number of ether oxygens (including phenoxy) is 1. The van der Waals surface area contributed by atoms with Gasteiger partial charge >= 0.3 is 6.03 Å². The molecule has 0 radical (unpaired) electrons. The van der Waals surface area contributed by atoms with Crippen molar-refractivity contribution in [3.05, 3.63) is 83.9 Å². The van der Waals surface area contributed by atoms with Crippen LogP contribution in [0.25, 0.3) is 11.1 Å². The molecule has 5 heteroatoms. The second-order valence-corrected chi connectivity index (χ2v) is 8.37. The summed E-state index contributed by atoms with van der Waals surface area (Å²) < 4.78 is 5.19. The van der Waals surface area contributed by atoms with Crippen LogP contribution in [0.3, 0.4) is 0 Å². The Hall–Kier alpha value is -3.31. The van der Waals surface area contributed by atoms with E-state index < -0.39 is 0 Å². The van der Waals surface area contributed by atoms with E-state index in [1.807, 2.05) is 29.2 Å². The van der Waals surface area contributed by atoms with Gasteiger partial charge in [0.2, 0.25) is 0 Å². The molecule has 2 amide bonds. The summed E-state index contributed by atoms with van der Waals surface area (Å²) in [5.41, 5.74) is 5.81. The number of piperidine rings is 1. The van der Waals surface area contributed by atoms with E-state index in [-0.39, 0.29) is 18.1 Å². The number of aryl methyl sites for hydroxylation is 1. The Balaban J connectivity index is 1.29. The molecule has 5 rings (SSSR count). The van der Waals surface area contributed by atoms with E-state index in [1.165, 1.54) is 22.3 Å². The Bertz CT molecular complexity index is 1050. The van der Waals surface area contributed by atoms with Crippen LogP contribution in [0, 0.1) is 6.92 Å². The van der Waals surface area contributed by atoms with Crippen molar-refractivity contribution >= 4 is 11.7 Å². The standard InChI is InChI=1S/C26H27N3O2/c1-17-3-5-18(6-4-17)19-7-9-20(10-8-19)25-23-15-27-16-24(25)29(23)26(30)28-21-11-13-22(31-2)14-12-21/h3-14,23-25,27H,15-16H2,1-2H3,(H,28,30)/t23-,24+,25?. The van der Waals surface area contributed by atoms with Gasteiger partial charge in [-0.1, -0.05) is 54.1 Å². The molecule has 2 N–H and O–H groups in total. The van der Waals surface area contributed by atoms with Gasteiger partial charge in [-0.25, -0.2) is 4.79 Å². The largest absolute Gasteiger partial charge is 0.497 e. The molecular weight excluding hydrogens is 386 g/mol. The molecule has 3 atom stereocenters. The van der Waals surface area contributed by atoms with Crippen molar-refractivity contribution in [2.24, 2.45) is 0 Å². The van der Waals surface area contributed by atoms with E-state index in [0.717, 1.165) is 24.5 Å². The first-order valence-corrected chi connectivity index (χ1v) is 10.7. The average Bonchev–Trinajstić information content (AvgIpc) is 2.81. The summed E-state index contributed by atoms with van der Waals surface area (Å²) in [5.74, 6) is 1.15. The Morgan fingerprint density at radius 2 is 1.48 bits per heavy atom. The van der Waals surface area contributed by atoms with E-state index in [4.69, 9.17) is 4.74 Å². The van der Waals surface area contributed by atoms with Gasteiger partial charge in [-0.2, -0.15) is 0 Å². The van der Waals surface area contributed by atoms with Crippen molar-refractivity contribution in [3.8, 4) is 16.9 Å². The zero-order chi connectivity index (χ0) is 21.4. The lowest BCUT2D eigenvalue weighted by molar-refractivity contribution is 0.00202. The van der Waals surface area contributed by atoms with Gasteiger partial charge in [-0.05, 0) is 47.9 Å². The fourth-order valence-corrected chi connectivity index (χ4v) is 4.83. The second kappa shape index (κ2) is 8.08. The zero-order valence-electron chi connectivity index (χ0n) is 17.8. The molecule has 0 aliphatic carbocycles. The van der Waals surface area contributed by atoms with Crippen molar-refractivity contribution < 1.29 is 9.53 Å². The number of carbonyl (C=O) groups excluding carboxylic acids is 1. The van der Waals surface area contributed by atoms with Crippen molar-refractivity contribution in [1.82, 2.24) is 10.2 Å². The smallest absolute Gasteiger partial charge is 0.322 e. The van der Waals surface area contributed by atoms with Crippen LogP contribution in [-0.2, 0) is 0 Å². The number of amides is 2. The van der Waals surface area contributed by atoms with Gasteiger partial charge in [0.05, 0.1) is 19.2 Å². The molecule has 2 bridgehead atoms. The minimum absolute atomic E-state index is 0.0332. The molecule has 2 aliphatic heterocycles. The summed E-state index contributed by atoms with van der Waals surface area (Å²) in [6.45, 7) is 3.74. The monoisotopic (exact) mass is 413 g/mol. The SMILES string of the molecule is COc1ccc(NC(=O)N2[C@@H]3CNC[C@H]2C3c2ccc(-c3ccc(C)cc3)cc2)cc1. The number of methoxy groups -OCH3 is 1. The van der Waals surface area contributed by atoms with E-state index in [2.05, 4.69) is 66.1 Å². The van der Waals surface area contributed by atoms with Crippen LogP contribution in [0.1, 0.15) is 17.0 Å². The third kappa shape index (κ3) is 3.66. The number of urea groups is 1. The van der Waals surface area contributed by atoms with Crippen LogP contribution < -0.4 is 15.4 Å². The van der Waals surface area contributed by atoms with Crippen LogP contribution in [-0.4, -0.2) is 43.2 Å². The number of nitrogens with zero attached hydrogens (tertiary/aromatic N) is 1. The van der Waals surface area contributed by atoms with E-state index >= 15 is 0 Å². The fraction of sp³-hybridized carbons (Fsp3) is 0.269. The number of carbonyl (C=O) groups is 1. The number of fused-ring (bicyclic) bond motifs is 2. The first kappa shape index (κ1) is 19.6. The number of nitrogens with one attached hydrogen (secondary N) is 2. The van der Waals surface area contributed by atoms with Crippen molar-refractivity contribution in [2.75, 3.05) is 25.5 Å². The van der Waals surface area contributed by atoms with E-state index in [1.54, 1.807) is 7.11 Å². The normalized spacial score (nSPS) is 21.9. The number of hydrogen-bond donors (Lipinski definition) is 2. The number of hydrogen-bond acceptors (Lipinski definition) is 3. The molecular formula is C26H27N3O2. The molecule has 3 aromatic carbocycles. The van der Waals surface area contributed by atoms with Crippen molar-refractivity contribution in [3.63, 3.8) is 0 Å². The van der Waals surface area contributed by atoms with E-state index in [9.17, 15) is 4.79 Å². The Morgan fingerprint density at radius 1 is 0.903 bits per heavy atom. The Morgan fingerprint density at radius 3 is 2.06 bits per heavy atom. The number of rotatable bonds is 4. The molecule has 3 aromatic rings. The molecule has 2 aliphatic rings. The maximum atomic E-state index is 13.0. The first-order chi connectivity index (χ1) is 15.1. The first-order valence-electron chi connectivity index (χ1n) is 10.7.